The summed E-state index contributed by atoms with van der Waals surface area (Å²) in [4.78, 5) is 11.5. The Morgan fingerprint density at radius 1 is 1.50 bits per heavy atom. The largest absolute Gasteiger partial charge is 0.435 e. The minimum atomic E-state index is -4.46. The number of halogens is 3. The van der Waals surface area contributed by atoms with Crippen LogP contribution in [0.4, 0.5) is 13.2 Å². The van der Waals surface area contributed by atoms with E-state index < -0.39 is 23.3 Å². The summed E-state index contributed by atoms with van der Waals surface area (Å²) in [5, 5.41) is 6.46. The van der Waals surface area contributed by atoms with Crippen molar-refractivity contribution in [3.8, 4) is 0 Å². The standard InChI is InChI=1S/C12H19F3N4O/c1-8(2)17-11(3,10(16)20)5-7-19-6-4-9(18-19)12(13,14)15/h4,6,8,17H,5,7H2,1-3H3,(H2,16,20). The zero-order valence-corrected chi connectivity index (χ0v) is 11.7. The summed E-state index contributed by atoms with van der Waals surface area (Å²) in [6.07, 6.45) is -2.98. The number of nitrogens with zero attached hydrogens (tertiary/aromatic N) is 2. The number of aryl methyl sites for hydroxylation is 1. The van der Waals surface area contributed by atoms with Crippen molar-refractivity contribution in [3.63, 3.8) is 0 Å². The van der Waals surface area contributed by atoms with Crippen LogP contribution in [0.2, 0.25) is 0 Å². The number of carbonyl (C=O) groups is 1. The molecule has 0 aliphatic heterocycles. The van der Waals surface area contributed by atoms with Gasteiger partial charge in [0.15, 0.2) is 5.69 Å². The second-order valence-electron chi connectivity index (χ2n) is 5.21. The fourth-order valence-electron chi connectivity index (χ4n) is 1.88. The van der Waals surface area contributed by atoms with Crippen LogP contribution in [0.1, 0.15) is 32.9 Å². The number of carbonyl (C=O) groups excluding carboxylic acids is 1. The van der Waals surface area contributed by atoms with Gasteiger partial charge in [-0.3, -0.25) is 9.48 Å². The molecule has 1 aromatic heterocycles. The molecule has 0 radical (unpaired) electrons. The highest BCUT2D eigenvalue weighted by molar-refractivity contribution is 5.84. The second-order valence-corrected chi connectivity index (χ2v) is 5.21. The first-order valence-electron chi connectivity index (χ1n) is 6.23. The van der Waals surface area contributed by atoms with Crippen LogP contribution in [0.15, 0.2) is 12.3 Å². The molecule has 1 heterocycles. The van der Waals surface area contributed by atoms with Crippen LogP contribution in [-0.2, 0) is 17.5 Å². The van der Waals surface area contributed by atoms with Gasteiger partial charge in [-0.2, -0.15) is 18.3 Å². The topological polar surface area (TPSA) is 72.9 Å². The molecule has 5 nitrogen and oxygen atoms in total. The van der Waals surface area contributed by atoms with Gasteiger partial charge in [-0.1, -0.05) is 0 Å². The maximum atomic E-state index is 12.4. The molecule has 1 rings (SSSR count). The maximum Gasteiger partial charge on any atom is 0.435 e. The van der Waals surface area contributed by atoms with Crippen molar-refractivity contribution in [3.05, 3.63) is 18.0 Å². The molecule has 20 heavy (non-hydrogen) atoms. The quantitative estimate of drug-likeness (QED) is 0.835. The van der Waals surface area contributed by atoms with Crippen LogP contribution in [0.5, 0.6) is 0 Å². The SMILES string of the molecule is CC(C)NC(C)(CCn1ccc(C(F)(F)F)n1)C(N)=O. The lowest BCUT2D eigenvalue weighted by atomic mass is 9.96. The smallest absolute Gasteiger partial charge is 0.368 e. The van der Waals surface area contributed by atoms with Crippen molar-refractivity contribution in [2.24, 2.45) is 5.73 Å². The third kappa shape index (κ3) is 4.22. The Hall–Kier alpha value is -1.57. The highest BCUT2D eigenvalue weighted by atomic mass is 19.4. The molecule has 0 spiro atoms. The molecule has 1 amide bonds. The van der Waals surface area contributed by atoms with E-state index in [1.807, 2.05) is 13.8 Å². The number of nitrogens with one attached hydrogen (secondary N) is 1. The second kappa shape index (κ2) is 5.82. The highest BCUT2D eigenvalue weighted by Gasteiger charge is 2.34. The first-order valence-corrected chi connectivity index (χ1v) is 6.23. The van der Waals surface area contributed by atoms with Crippen LogP contribution in [0.3, 0.4) is 0 Å². The summed E-state index contributed by atoms with van der Waals surface area (Å²) in [5.74, 6) is -0.547. The van der Waals surface area contributed by atoms with E-state index in [0.29, 0.717) is 0 Å². The average Bonchev–Trinajstić information content (AvgIpc) is 2.73. The van der Waals surface area contributed by atoms with E-state index in [-0.39, 0.29) is 19.0 Å². The van der Waals surface area contributed by atoms with Gasteiger partial charge < -0.3 is 11.1 Å². The fraction of sp³-hybridized carbons (Fsp3) is 0.667. The Balaban J connectivity index is 2.73. The highest BCUT2D eigenvalue weighted by Crippen LogP contribution is 2.27. The van der Waals surface area contributed by atoms with Gasteiger partial charge in [0.1, 0.15) is 0 Å². The number of primary amides is 1. The number of rotatable bonds is 6. The summed E-state index contributed by atoms with van der Waals surface area (Å²) < 4.78 is 38.4. The van der Waals surface area contributed by atoms with E-state index in [1.54, 1.807) is 6.92 Å². The predicted molar refractivity (Wildman–Crippen MR) is 67.7 cm³/mol. The van der Waals surface area contributed by atoms with Gasteiger partial charge >= 0.3 is 6.18 Å². The molecule has 8 heteroatoms. The lowest BCUT2D eigenvalue weighted by Gasteiger charge is -2.29. The molecule has 114 valence electrons. The Morgan fingerprint density at radius 3 is 2.50 bits per heavy atom. The molecule has 1 aromatic rings. The molecule has 0 aliphatic rings. The summed E-state index contributed by atoms with van der Waals surface area (Å²) in [6, 6.07) is 0.924. The molecule has 1 unspecified atom stereocenters. The van der Waals surface area contributed by atoms with Gasteiger partial charge in [-0.15, -0.1) is 0 Å². The number of hydrogen-bond donors (Lipinski definition) is 2. The lowest BCUT2D eigenvalue weighted by Crippen LogP contribution is -2.55. The molecular weight excluding hydrogens is 273 g/mol. The van der Waals surface area contributed by atoms with Gasteiger partial charge in [-0.25, -0.2) is 0 Å². The monoisotopic (exact) mass is 292 g/mol. The van der Waals surface area contributed by atoms with E-state index >= 15 is 0 Å². The molecule has 3 N–H and O–H groups in total. The predicted octanol–water partition coefficient (Wildman–Crippen LogP) is 1.53. The van der Waals surface area contributed by atoms with Crippen molar-refractivity contribution in [2.45, 2.75) is 51.5 Å². The number of alkyl halides is 3. The summed E-state index contributed by atoms with van der Waals surface area (Å²) in [7, 11) is 0. The average molecular weight is 292 g/mol. The van der Waals surface area contributed by atoms with Crippen LogP contribution in [0.25, 0.3) is 0 Å². The molecule has 0 bridgehead atoms. The van der Waals surface area contributed by atoms with Crippen molar-refractivity contribution < 1.29 is 18.0 Å². The minimum Gasteiger partial charge on any atom is -0.368 e. The van der Waals surface area contributed by atoms with Gasteiger partial charge in [0.05, 0.1) is 5.54 Å². The van der Waals surface area contributed by atoms with Gasteiger partial charge in [0, 0.05) is 18.8 Å². The van der Waals surface area contributed by atoms with Crippen molar-refractivity contribution >= 4 is 5.91 Å². The zero-order valence-electron chi connectivity index (χ0n) is 11.7. The van der Waals surface area contributed by atoms with Crippen LogP contribution < -0.4 is 11.1 Å². The van der Waals surface area contributed by atoms with E-state index in [1.165, 1.54) is 6.20 Å². The summed E-state index contributed by atoms with van der Waals surface area (Å²) in [5.41, 5.74) is 3.41. The number of hydrogen-bond acceptors (Lipinski definition) is 3. The number of aromatic nitrogens is 2. The molecule has 0 aromatic carbocycles. The Labute approximate surface area is 115 Å². The third-order valence-electron chi connectivity index (χ3n) is 2.92. The van der Waals surface area contributed by atoms with Gasteiger partial charge in [0.25, 0.3) is 0 Å². The third-order valence-corrected chi connectivity index (χ3v) is 2.92. The first-order chi connectivity index (χ1) is 9.04. The molecule has 0 saturated carbocycles. The molecule has 0 saturated heterocycles. The van der Waals surface area contributed by atoms with E-state index in [0.717, 1.165) is 10.7 Å². The number of amides is 1. The number of nitrogens with two attached hydrogens (primary N) is 1. The van der Waals surface area contributed by atoms with Crippen LogP contribution in [-0.4, -0.2) is 27.3 Å². The van der Waals surface area contributed by atoms with Gasteiger partial charge in [0.2, 0.25) is 5.91 Å². The van der Waals surface area contributed by atoms with Crippen LogP contribution in [0, 0.1) is 0 Å². The molecule has 0 fully saturated rings. The fourth-order valence-corrected chi connectivity index (χ4v) is 1.88. The van der Waals surface area contributed by atoms with E-state index in [4.69, 9.17) is 5.73 Å². The molecule has 1 atom stereocenters. The molecule has 0 aliphatic carbocycles. The Bertz CT molecular complexity index is 470. The lowest BCUT2D eigenvalue weighted by molar-refractivity contribution is -0.141. The minimum absolute atomic E-state index is 0.0239. The molecular formula is C12H19F3N4O. The van der Waals surface area contributed by atoms with Crippen molar-refractivity contribution in [1.82, 2.24) is 15.1 Å². The Morgan fingerprint density at radius 2 is 2.10 bits per heavy atom. The maximum absolute atomic E-state index is 12.4. The first kappa shape index (κ1) is 16.5. The van der Waals surface area contributed by atoms with Crippen molar-refractivity contribution in [1.29, 1.82) is 0 Å². The van der Waals surface area contributed by atoms with Crippen molar-refractivity contribution in [2.75, 3.05) is 0 Å². The van der Waals surface area contributed by atoms with Gasteiger partial charge in [-0.05, 0) is 33.3 Å². The van der Waals surface area contributed by atoms with E-state index in [2.05, 4.69) is 10.4 Å². The normalized spacial score (nSPS) is 15.3. The summed E-state index contributed by atoms with van der Waals surface area (Å²) in [6.45, 7) is 5.51. The Kier molecular flexibility index (Phi) is 4.80. The zero-order chi connectivity index (χ0) is 15.6. The van der Waals surface area contributed by atoms with Crippen LogP contribution >= 0.6 is 0 Å². The summed E-state index contributed by atoms with van der Waals surface area (Å²) >= 11 is 0. The van der Waals surface area contributed by atoms with E-state index in [9.17, 15) is 18.0 Å².